The molecule has 0 aliphatic carbocycles. The number of piperazine rings is 1. The van der Waals surface area contributed by atoms with Crippen molar-refractivity contribution in [3.63, 3.8) is 0 Å². The molecule has 12 nitrogen and oxygen atoms in total. The fraction of sp³-hybridized carbons (Fsp3) is 0.343. The summed E-state index contributed by atoms with van der Waals surface area (Å²) >= 11 is 6.41. The molecule has 0 saturated carbocycles. The Morgan fingerprint density at radius 2 is 1.88 bits per heavy atom. The first-order valence-corrected chi connectivity index (χ1v) is 16.3. The van der Waals surface area contributed by atoms with Gasteiger partial charge >= 0.3 is 6.09 Å². The summed E-state index contributed by atoms with van der Waals surface area (Å²) < 4.78 is 33.3. The lowest BCUT2D eigenvalue weighted by molar-refractivity contribution is 0.0240. The van der Waals surface area contributed by atoms with Gasteiger partial charge in [-0.25, -0.2) is 19.2 Å². The maximum absolute atomic E-state index is 14.9. The molecule has 252 valence electrons. The Labute approximate surface area is 286 Å². The molecule has 0 spiro atoms. The minimum Gasteiger partial charge on any atom is -0.444 e. The third kappa shape index (κ3) is 6.25. The number of aromatic amines is 1. The Morgan fingerprint density at radius 3 is 2.63 bits per heavy atom. The molecule has 14 heteroatoms. The van der Waals surface area contributed by atoms with Gasteiger partial charge in [0.2, 0.25) is 11.8 Å². The number of amides is 1. The minimum atomic E-state index is -0.694. The second kappa shape index (κ2) is 12.7. The van der Waals surface area contributed by atoms with Gasteiger partial charge in [-0.1, -0.05) is 23.7 Å². The number of ether oxygens (including phenoxy) is 3. The molecule has 5 heterocycles. The lowest BCUT2D eigenvalue weighted by Gasteiger charge is -2.37. The third-order valence-electron chi connectivity index (χ3n) is 8.58. The van der Waals surface area contributed by atoms with Crippen LogP contribution >= 0.6 is 11.6 Å². The topological polar surface area (TPSA) is 133 Å². The van der Waals surface area contributed by atoms with Crippen LogP contribution in [-0.2, 0) is 17.7 Å². The molecule has 1 saturated heterocycles. The number of anilines is 1. The molecule has 0 radical (unpaired) electrons. The highest BCUT2D eigenvalue weighted by molar-refractivity contribution is 6.33. The molecule has 0 bridgehead atoms. The molecule has 1 fully saturated rings. The lowest BCUT2D eigenvalue weighted by atomic mass is 9.99. The molecular formula is C35H34ClFN8O4. The number of nitrogens with zero attached hydrogens (tertiary/aromatic N) is 7. The normalized spacial score (nSPS) is 15.3. The number of carbonyl (C=O) groups is 1. The number of hydrogen-bond acceptors (Lipinski definition) is 10. The van der Waals surface area contributed by atoms with Crippen LogP contribution in [0.1, 0.15) is 37.5 Å². The predicted molar refractivity (Wildman–Crippen MR) is 182 cm³/mol. The van der Waals surface area contributed by atoms with Crippen molar-refractivity contribution in [2.45, 2.75) is 39.3 Å². The van der Waals surface area contributed by atoms with Gasteiger partial charge in [-0.05, 0) is 51.9 Å². The van der Waals surface area contributed by atoms with E-state index in [1.165, 1.54) is 18.5 Å². The molecule has 3 aromatic heterocycles. The van der Waals surface area contributed by atoms with Crippen molar-refractivity contribution in [3.8, 4) is 29.3 Å². The van der Waals surface area contributed by atoms with E-state index < -0.39 is 17.5 Å². The Balaban J connectivity index is 1.35. The van der Waals surface area contributed by atoms with Crippen LogP contribution in [0.15, 0.2) is 42.7 Å². The zero-order valence-electron chi connectivity index (χ0n) is 27.5. The number of nitrogens with one attached hydrogen (secondary N) is 1. The molecule has 2 aliphatic heterocycles. The van der Waals surface area contributed by atoms with Crippen molar-refractivity contribution >= 4 is 45.2 Å². The van der Waals surface area contributed by atoms with Crippen LogP contribution in [0.2, 0.25) is 5.02 Å². The fourth-order valence-corrected chi connectivity index (χ4v) is 6.45. The maximum atomic E-state index is 14.9. The molecule has 49 heavy (non-hydrogen) atoms. The van der Waals surface area contributed by atoms with Crippen molar-refractivity contribution in [3.05, 3.63) is 70.3 Å². The summed E-state index contributed by atoms with van der Waals surface area (Å²) in [6.45, 7) is 8.66. The van der Waals surface area contributed by atoms with E-state index in [0.717, 1.165) is 30.6 Å². The number of likely N-dealkylation sites (N-methyl/N-ethyl adjacent to an activating group) is 1. The number of carbonyl (C=O) groups excluding carboxylic acids is 1. The van der Waals surface area contributed by atoms with Gasteiger partial charge in [0, 0.05) is 62.5 Å². The predicted octanol–water partition coefficient (Wildman–Crippen LogP) is 6.80. The van der Waals surface area contributed by atoms with Crippen molar-refractivity contribution in [1.82, 2.24) is 30.0 Å². The zero-order chi connectivity index (χ0) is 34.4. The Kier molecular flexibility index (Phi) is 8.38. The van der Waals surface area contributed by atoms with Crippen molar-refractivity contribution < 1.29 is 23.4 Å². The molecule has 2 aromatic carbocycles. The quantitative estimate of drug-likeness (QED) is 0.211. The number of fused-ring (bicyclic) bond motifs is 3. The number of nitriles is 1. The fourth-order valence-electron chi connectivity index (χ4n) is 6.26. The highest BCUT2D eigenvalue weighted by Crippen LogP contribution is 2.44. The molecule has 1 amide bonds. The number of halogens is 2. The number of hydrogen-bond donors (Lipinski definition) is 1. The van der Waals surface area contributed by atoms with Gasteiger partial charge in [-0.15, -0.1) is 0 Å². The zero-order valence-corrected chi connectivity index (χ0v) is 28.3. The summed E-state index contributed by atoms with van der Waals surface area (Å²) in [5, 5.41) is 18.2. The molecule has 7 rings (SSSR count). The number of benzene rings is 2. The Hall–Kier alpha value is -5.19. The molecule has 1 N–H and O–H groups in total. The van der Waals surface area contributed by atoms with Crippen LogP contribution in [0.4, 0.5) is 14.9 Å². The second-order valence-electron chi connectivity index (χ2n) is 13.1. The first-order valence-electron chi connectivity index (χ1n) is 15.9. The van der Waals surface area contributed by atoms with Crippen molar-refractivity contribution in [2.75, 3.05) is 44.7 Å². The molecule has 0 unspecified atom stereocenters. The highest BCUT2D eigenvalue weighted by Gasteiger charge is 2.31. The summed E-state index contributed by atoms with van der Waals surface area (Å²) in [7, 11) is 2.07. The van der Waals surface area contributed by atoms with E-state index in [1.807, 2.05) is 37.8 Å². The SMILES string of the molecule is CN1CCc2c(cccc2Oc2nc3c(Oc4c(Cl)c(F)cc5[nH]ncc45)nccc3c(N3CCN(C(=O)OC(C)(C)C)CC3)c2C#N)C1. The van der Waals surface area contributed by atoms with E-state index in [0.29, 0.717) is 53.9 Å². The van der Waals surface area contributed by atoms with E-state index in [9.17, 15) is 14.4 Å². The van der Waals surface area contributed by atoms with E-state index >= 15 is 0 Å². The first kappa shape index (κ1) is 32.4. The van der Waals surface area contributed by atoms with Crippen LogP contribution in [0.5, 0.6) is 23.3 Å². The molecule has 2 aliphatic rings. The smallest absolute Gasteiger partial charge is 0.410 e. The standard InChI is InChI=1S/C35H34ClFN8O4/c1-35(2,3)49-34(46)45-14-12-44(13-15-45)30-22-8-10-39-33(48-31-24-18-40-42-26(24)16-25(37)28(31)36)29(22)41-32(23(30)17-38)47-27-7-5-6-20-19-43(4)11-9-21(20)27/h5-8,10,16,18H,9,11-15,19H2,1-4H3,(H,40,42). The molecule has 0 atom stereocenters. The number of rotatable bonds is 5. The van der Waals surface area contributed by atoms with Crippen LogP contribution in [0.3, 0.4) is 0 Å². The van der Waals surface area contributed by atoms with Gasteiger partial charge in [0.05, 0.1) is 22.8 Å². The van der Waals surface area contributed by atoms with Crippen LogP contribution < -0.4 is 14.4 Å². The van der Waals surface area contributed by atoms with E-state index in [2.05, 4.69) is 39.3 Å². The van der Waals surface area contributed by atoms with Crippen molar-refractivity contribution in [1.29, 1.82) is 5.26 Å². The van der Waals surface area contributed by atoms with Gasteiger partial charge in [0.15, 0.2) is 5.75 Å². The average Bonchev–Trinajstić information content (AvgIpc) is 3.53. The van der Waals surface area contributed by atoms with Crippen LogP contribution in [0, 0.1) is 17.1 Å². The van der Waals surface area contributed by atoms with Gasteiger partial charge in [-0.3, -0.25) is 5.10 Å². The summed E-state index contributed by atoms with van der Waals surface area (Å²) in [6.07, 6.45) is 3.40. The molecule has 5 aromatic rings. The van der Waals surface area contributed by atoms with Gasteiger partial charge in [-0.2, -0.15) is 10.4 Å². The second-order valence-corrected chi connectivity index (χ2v) is 13.5. The largest absolute Gasteiger partial charge is 0.444 e. The average molecular weight is 685 g/mol. The van der Waals surface area contributed by atoms with E-state index in [-0.39, 0.29) is 33.6 Å². The van der Waals surface area contributed by atoms with Gasteiger partial charge < -0.3 is 28.9 Å². The molecular weight excluding hydrogens is 651 g/mol. The van der Waals surface area contributed by atoms with E-state index in [1.54, 1.807) is 11.0 Å². The maximum Gasteiger partial charge on any atom is 0.410 e. The summed E-state index contributed by atoms with van der Waals surface area (Å²) in [5.41, 5.74) is 3.02. The van der Waals surface area contributed by atoms with E-state index in [4.69, 9.17) is 30.8 Å². The first-order chi connectivity index (χ1) is 23.5. The van der Waals surface area contributed by atoms with Crippen LogP contribution in [-0.4, -0.2) is 81.4 Å². The highest BCUT2D eigenvalue weighted by atomic mass is 35.5. The van der Waals surface area contributed by atoms with Gasteiger partial charge in [0.25, 0.3) is 0 Å². The Bertz CT molecular complexity index is 2130. The summed E-state index contributed by atoms with van der Waals surface area (Å²) in [4.78, 5) is 28.1. The number of H-pyrrole nitrogens is 1. The number of aromatic nitrogens is 4. The van der Waals surface area contributed by atoms with Crippen LogP contribution in [0.25, 0.3) is 21.8 Å². The third-order valence-corrected chi connectivity index (χ3v) is 8.93. The minimum absolute atomic E-state index is 0.0211. The summed E-state index contributed by atoms with van der Waals surface area (Å²) in [5.74, 6) is 0.0401. The van der Waals surface area contributed by atoms with Gasteiger partial charge in [0.1, 0.15) is 39.3 Å². The monoisotopic (exact) mass is 684 g/mol. The Morgan fingerprint density at radius 1 is 1.08 bits per heavy atom. The van der Waals surface area contributed by atoms with Crippen molar-refractivity contribution in [2.24, 2.45) is 0 Å². The summed E-state index contributed by atoms with van der Waals surface area (Å²) in [6, 6.07) is 11.2. The number of pyridine rings is 2. The lowest BCUT2D eigenvalue weighted by Crippen LogP contribution is -2.50.